The maximum atomic E-state index is 12.6. The molecule has 1 rings (SSSR count). The molecule has 106 valence electrons. The molecular weight excluding hydrogens is 248 g/mol. The second-order valence-electron chi connectivity index (χ2n) is 5.78. The van der Waals surface area contributed by atoms with Crippen molar-refractivity contribution in [1.82, 2.24) is 4.90 Å². The first-order valence-electron chi connectivity index (χ1n) is 6.76. The molecule has 1 unspecified atom stereocenters. The summed E-state index contributed by atoms with van der Waals surface area (Å²) >= 11 is 0. The Labute approximate surface area is 121 Å². The highest BCUT2D eigenvalue weighted by molar-refractivity contribution is 5.82. The summed E-state index contributed by atoms with van der Waals surface area (Å²) in [5.41, 5.74) is 0.678. The zero-order chi connectivity index (χ0) is 15.2. The Bertz CT molecular complexity index is 494. The van der Waals surface area contributed by atoms with Crippen LogP contribution >= 0.6 is 0 Å². The van der Waals surface area contributed by atoms with Crippen LogP contribution in [0.3, 0.4) is 0 Å². The molecule has 0 radical (unpaired) electrons. The van der Waals surface area contributed by atoms with Gasteiger partial charge in [-0.1, -0.05) is 36.4 Å². The van der Waals surface area contributed by atoms with Crippen LogP contribution in [0.15, 0.2) is 43.0 Å². The van der Waals surface area contributed by atoms with Gasteiger partial charge in [0.1, 0.15) is 5.92 Å². The fraction of sp³-hybridized carbons (Fsp3) is 0.412. The average molecular weight is 270 g/mol. The maximum absolute atomic E-state index is 12.6. The zero-order valence-electron chi connectivity index (χ0n) is 12.5. The number of carbonyl (C=O) groups is 1. The lowest BCUT2D eigenvalue weighted by molar-refractivity contribution is -0.137. The fourth-order valence-electron chi connectivity index (χ4n) is 2.05. The number of nitriles is 1. The summed E-state index contributed by atoms with van der Waals surface area (Å²) in [6.07, 6.45) is 2.14. The topological polar surface area (TPSA) is 44.1 Å². The predicted octanol–water partition coefficient (Wildman–Crippen LogP) is 3.18. The zero-order valence-corrected chi connectivity index (χ0v) is 12.5. The Morgan fingerprint density at radius 1 is 1.40 bits per heavy atom. The van der Waals surface area contributed by atoms with Gasteiger partial charge in [-0.25, -0.2) is 0 Å². The first-order chi connectivity index (χ1) is 9.40. The second kappa shape index (κ2) is 6.91. The molecule has 1 amide bonds. The molecule has 0 aliphatic rings. The number of rotatable bonds is 5. The van der Waals surface area contributed by atoms with E-state index >= 15 is 0 Å². The molecule has 0 spiro atoms. The van der Waals surface area contributed by atoms with E-state index in [0.717, 1.165) is 5.56 Å². The van der Waals surface area contributed by atoms with E-state index in [9.17, 15) is 10.1 Å². The summed E-state index contributed by atoms with van der Waals surface area (Å²) in [6.45, 7) is 10.0. The molecular formula is C17H22N2O. The molecule has 1 aromatic rings. The number of amides is 1. The lowest BCUT2D eigenvalue weighted by atomic mass is 9.96. The summed E-state index contributed by atoms with van der Waals surface area (Å²) in [7, 11) is 0. The van der Waals surface area contributed by atoms with Crippen molar-refractivity contribution in [2.45, 2.75) is 32.7 Å². The van der Waals surface area contributed by atoms with E-state index in [1.807, 2.05) is 51.1 Å². The molecule has 20 heavy (non-hydrogen) atoms. The minimum atomic E-state index is -0.656. The van der Waals surface area contributed by atoms with Crippen LogP contribution in [0, 0.1) is 17.2 Å². The van der Waals surface area contributed by atoms with Crippen molar-refractivity contribution < 1.29 is 4.79 Å². The van der Waals surface area contributed by atoms with E-state index in [1.54, 1.807) is 11.0 Å². The number of benzene rings is 1. The van der Waals surface area contributed by atoms with Gasteiger partial charge in [-0.3, -0.25) is 4.79 Å². The lowest BCUT2D eigenvalue weighted by Crippen LogP contribution is -2.48. The third-order valence-electron chi connectivity index (χ3n) is 3.12. The van der Waals surface area contributed by atoms with Crippen LogP contribution in [0.5, 0.6) is 0 Å². The van der Waals surface area contributed by atoms with Crippen molar-refractivity contribution in [3.63, 3.8) is 0 Å². The number of carbonyl (C=O) groups excluding carboxylic acids is 1. The molecule has 0 saturated carbocycles. The SMILES string of the molecule is C=CCN(C(=O)C(C#N)Cc1ccccc1)C(C)(C)C. The highest BCUT2D eigenvalue weighted by atomic mass is 16.2. The number of nitrogens with zero attached hydrogens (tertiary/aromatic N) is 2. The van der Waals surface area contributed by atoms with Crippen molar-refractivity contribution in [1.29, 1.82) is 5.26 Å². The van der Waals surface area contributed by atoms with Gasteiger partial charge in [0.15, 0.2) is 0 Å². The Kier molecular flexibility index (Phi) is 5.52. The molecule has 0 heterocycles. The molecule has 3 nitrogen and oxygen atoms in total. The predicted molar refractivity (Wildman–Crippen MR) is 80.9 cm³/mol. The van der Waals surface area contributed by atoms with Gasteiger partial charge in [0.25, 0.3) is 0 Å². The van der Waals surface area contributed by atoms with Gasteiger partial charge < -0.3 is 4.90 Å². The Morgan fingerprint density at radius 2 is 2.00 bits per heavy atom. The highest BCUT2D eigenvalue weighted by Gasteiger charge is 2.31. The standard InChI is InChI=1S/C17H22N2O/c1-5-11-19(17(2,3)4)16(20)15(13-18)12-14-9-7-6-8-10-14/h5-10,15H,1,11-12H2,2-4H3. The molecule has 0 aromatic heterocycles. The summed E-state index contributed by atoms with van der Waals surface area (Å²) in [5, 5.41) is 9.32. The summed E-state index contributed by atoms with van der Waals surface area (Å²) in [6, 6.07) is 11.8. The van der Waals surface area contributed by atoms with Crippen LogP contribution in [-0.2, 0) is 11.2 Å². The lowest BCUT2D eigenvalue weighted by Gasteiger charge is -2.36. The van der Waals surface area contributed by atoms with Crippen molar-refractivity contribution in [2.75, 3.05) is 6.54 Å². The van der Waals surface area contributed by atoms with E-state index in [-0.39, 0.29) is 11.4 Å². The van der Waals surface area contributed by atoms with Crippen LogP contribution in [-0.4, -0.2) is 22.9 Å². The molecule has 0 bridgehead atoms. The normalized spacial score (nSPS) is 12.3. The van der Waals surface area contributed by atoms with Crippen LogP contribution in [0.4, 0.5) is 0 Å². The summed E-state index contributed by atoms with van der Waals surface area (Å²) in [5.74, 6) is -0.791. The summed E-state index contributed by atoms with van der Waals surface area (Å²) in [4.78, 5) is 14.3. The summed E-state index contributed by atoms with van der Waals surface area (Å²) < 4.78 is 0. The molecule has 0 fully saturated rings. The molecule has 0 N–H and O–H groups in total. The van der Waals surface area contributed by atoms with Crippen LogP contribution < -0.4 is 0 Å². The molecule has 1 atom stereocenters. The van der Waals surface area contributed by atoms with Crippen LogP contribution in [0.25, 0.3) is 0 Å². The highest BCUT2D eigenvalue weighted by Crippen LogP contribution is 2.19. The first kappa shape index (κ1) is 16.0. The molecule has 0 aliphatic carbocycles. The van der Waals surface area contributed by atoms with E-state index in [1.165, 1.54) is 0 Å². The van der Waals surface area contributed by atoms with E-state index in [0.29, 0.717) is 13.0 Å². The molecule has 1 aromatic carbocycles. The fourth-order valence-corrected chi connectivity index (χ4v) is 2.05. The monoisotopic (exact) mass is 270 g/mol. The van der Waals surface area contributed by atoms with Gasteiger partial charge in [-0.05, 0) is 32.8 Å². The van der Waals surface area contributed by atoms with Gasteiger partial charge in [0.05, 0.1) is 6.07 Å². The quantitative estimate of drug-likeness (QED) is 0.771. The number of hydrogen-bond donors (Lipinski definition) is 0. The molecule has 0 aliphatic heterocycles. The average Bonchev–Trinajstić information content (AvgIpc) is 2.41. The third-order valence-corrected chi connectivity index (χ3v) is 3.12. The third kappa shape index (κ3) is 4.24. The van der Waals surface area contributed by atoms with Crippen molar-refractivity contribution >= 4 is 5.91 Å². The van der Waals surface area contributed by atoms with Crippen molar-refractivity contribution in [3.05, 3.63) is 48.6 Å². The molecule has 0 saturated heterocycles. The van der Waals surface area contributed by atoms with Crippen molar-refractivity contribution in [3.8, 4) is 6.07 Å². The van der Waals surface area contributed by atoms with Gasteiger partial charge in [-0.15, -0.1) is 6.58 Å². The smallest absolute Gasteiger partial charge is 0.240 e. The van der Waals surface area contributed by atoms with E-state index in [4.69, 9.17) is 0 Å². The van der Waals surface area contributed by atoms with Crippen LogP contribution in [0.2, 0.25) is 0 Å². The van der Waals surface area contributed by atoms with E-state index < -0.39 is 5.92 Å². The molecule has 3 heteroatoms. The second-order valence-corrected chi connectivity index (χ2v) is 5.78. The number of hydrogen-bond acceptors (Lipinski definition) is 2. The largest absolute Gasteiger partial charge is 0.333 e. The maximum Gasteiger partial charge on any atom is 0.240 e. The van der Waals surface area contributed by atoms with Gasteiger partial charge in [-0.2, -0.15) is 5.26 Å². The van der Waals surface area contributed by atoms with Gasteiger partial charge in [0.2, 0.25) is 5.91 Å². The Hall–Kier alpha value is -2.08. The Morgan fingerprint density at radius 3 is 2.45 bits per heavy atom. The van der Waals surface area contributed by atoms with E-state index in [2.05, 4.69) is 12.6 Å². The van der Waals surface area contributed by atoms with Gasteiger partial charge in [0, 0.05) is 12.1 Å². The first-order valence-corrected chi connectivity index (χ1v) is 6.76. The minimum Gasteiger partial charge on any atom is -0.333 e. The van der Waals surface area contributed by atoms with Gasteiger partial charge >= 0.3 is 0 Å². The van der Waals surface area contributed by atoms with Crippen molar-refractivity contribution in [2.24, 2.45) is 5.92 Å². The minimum absolute atomic E-state index is 0.135. The van der Waals surface area contributed by atoms with Crippen LogP contribution in [0.1, 0.15) is 26.3 Å². The Balaban J connectivity index is 2.91.